The van der Waals surface area contributed by atoms with E-state index in [4.69, 9.17) is 21.3 Å². The molecule has 0 spiro atoms. The van der Waals surface area contributed by atoms with Crippen molar-refractivity contribution in [1.82, 2.24) is 9.97 Å². The summed E-state index contributed by atoms with van der Waals surface area (Å²) in [4.78, 5) is 24.3. The summed E-state index contributed by atoms with van der Waals surface area (Å²) in [6.45, 7) is 6.19. The third kappa shape index (κ3) is 4.70. The number of halogens is 1. The van der Waals surface area contributed by atoms with E-state index in [1.165, 1.54) is 11.3 Å². The number of carbonyl (C=O) groups excluding carboxylic acids is 1. The Morgan fingerprint density at radius 1 is 1.13 bits per heavy atom. The van der Waals surface area contributed by atoms with Crippen molar-refractivity contribution in [2.75, 3.05) is 4.90 Å². The molecule has 7 heteroatoms. The minimum absolute atomic E-state index is 0.0695. The summed E-state index contributed by atoms with van der Waals surface area (Å²) in [5.74, 6) is 0.581. The molecule has 0 fully saturated rings. The molecule has 0 atom stereocenters. The summed E-state index contributed by atoms with van der Waals surface area (Å²) in [7, 11) is 0. The smallest absolute Gasteiger partial charge is 0.260 e. The number of rotatable bonds is 6. The van der Waals surface area contributed by atoms with Gasteiger partial charge in [0.15, 0.2) is 5.13 Å². The van der Waals surface area contributed by atoms with Crippen LogP contribution in [0, 0.1) is 6.92 Å². The van der Waals surface area contributed by atoms with Gasteiger partial charge in [-0.05, 0) is 74.9 Å². The van der Waals surface area contributed by atoms with E-state index in [0.29, 0.717) is 22.3 Å². The molecule has 2 aromatic carbocycles. The molecule has 31 heavy (non-hydrogen) atoms. The van der Waals surface area contributed by atoms with Crippen molar-refractivity contribution in [2.45, 2.75) is 33.4 Å². The zero-order valence-corrected chi connectivity index (χ0v) is 19.1. The number of ether oxygens (including phenoxy) is 1. The molecule has 1 amide bonds. The number of thiazole rings is 1. The molecule has 0 bridgehead atoms. The van der Waals surface area contributed by atoms with Crippen molar-refractivity contribution >= 4 is 44.2 Å². The van der Waals surface area contributed by atoms with Crippen LogP contribution in [0.5, 0.6) is 5.75 Å². The van der Waals surface area contributed by atoms with Gasteiger partial charge in [0.2, 0.25) is 0 Å². The van der Waals surface area contributed by atoms with Crippen LogP contribution in [-0.4, -0.2) is 22.0 Å². The normalized spacial score (nSPS) is 11.1. The number of hydrogen-bond acceptors (Lipinski definition) is 5. The highest BCUT2D eigenvalue weighted by Crippen LogP contribution is 2.34. The van der Waals surface area contributed by atoms with Gasteiger partial charge in [0.05, 0.1) is 28.6 Å². The van der Waals surface area contributed by atoms with Crippen LogP contribution in [0.4, 0.5) is 5.13 Å². The Balaban J connectivity index is 1.72. The predicted octanol–water partition coefficient (Wildman–Crippen LogP) is 6.29. The molecule has 2 aromatic heterocycles. The fourth-order valence-corrected chi connectivity index (χ4v) is 4.36. The maximum atomic E-state index is 13.5. The average Bonchev–Trinajstić information content (AvgIpc) is 3.20. The van der Waals surface area contributed by atoms with Crippen molar-refractivity contribution < 1.29 is 9.53 Å². The first-order chi connectivity index (χ1) is 14.9. The zero-order valence-electron chi connectivity index (χ0n) is 17.5. The second-order valence-electron chi connectivity index (χ2n) is 7.42. The second-order valence-corrected chi connectivity index (χ2v) is 8.84. The number of fused-ring (bicyclic) bond motifs is 1. The highest BCUT2D eigenvalue weighted by Gasteiger charge is 2.23. The van der Waals surface area contributed by atoms with Crippen molar-refractivity contribution in [1.29, 1.82) is 0 Å². The molecule has 158 valence electrons. The summed E-state index contributed by atoms with van der Waals surface area (Å²) in [5, 5.41) is 1.27. The first-order valence-electron chi connectivity index (χ1n) is 9.96. The van der Waals surface area contributed by atoms with Gasteiger partial charge in [-0.15, -0.1) is 0 Å². The quantitative estimate of drug-likeness (QED) is 0.345. The standard InChI is InChI=1S/C24H22ClN3O2S/c1-15(2)30-19-9-7-17(8-10-19)23(29)28(14-18-6-4-5-13-26-18)24-27-22-16(3)20(25)11-12-21(22)31-24/h4-13,15H,14H2,1-3H3. The first-order valence-corrected chi connectivity index (χ1v) is 11.2. The van der Waals surface area contributed by atoms with Crippen LogP contribution in [0.15, 0.2) is 60.8 Å². The van der Waals surface area contributed by atoms with E-state index in [9.17, 15) is 4.79 Å². The van der Waals surface area contributed by atoms with E-state index in [2.05, 4.69) is 4.98 Å². The van der Waals surface area contributed by atoms with Gasteiger partial charge >= 0.3 is 0 Å². The van der Waals surface area contributed by atoms with Crippen molar-refractivity contribution in [2.24, 2.45) is 0 Å². The van der Waals surface area contributed by atoms with Gasteiger partial charge in [0.25, 0.3) is 5.91 Å². The Hall–Kier alpha value is -2.96. The maximum Gasteiger partial charge on any atom is 0.260 e. The van der Waals surface area contributed by atoms with Gasteiger partial charge in [0.1, 0.15) is 5.75 Å². The lowest BCUT2D eigenvalue weighted by Gasteiger charge is -2.20. The van der Waals surface area contributed by atoms with Crippen LogP contribution < -0.4 is 9.64 Å². The van der Waals surface area contributed by atoms with Crippen LogP contribution in [0.3, 0.4) is 0 Å². The Morgan fingerprint density at radius 2 is 1.90 bits per heavy atom. The molecule has 0 aliphatic carbocycles. The number of anilines is 1. The predicted molar refractivity (Wildman–Crippen MR) is 126 cm³/mol. The minimum Gasteiger partial charge on any atom is -0.491 e. The highest BCUT2D eigenvalue weighted by molar-refractivity contribution is 7.22. The molecule has 2 heterocycles. The molecule has 4 rings (SSSR count). The number of nitrogens with zero attached hydrogens (tertiary/aromatic N) is 3. The molecular formula is C24H22ClN3O2S. The van der Waals surface area contributed by atoms with Crippen molar-refractivity contribution in [3.8, 4) is 5.75 Å². The number of aromatic nitrogens is 2. The molecule has 0 saturated heterocycles. The third-order valence-electron chi connectivity index (χ3n) is 4.73. The van der Waals surface area contributed by atoms with Crippen LogP contribution >= 0.6 is 22.9 Å². The number of pyridine rings is 1. The maximum absolute atomic E-state index is 13.5. The lowest BCUT2D eigenvalue weighted by molar-refractivity contribution is 0.0984. The Morgan fingerprint density at radius 3 is 2.58 bits per heavy atom. The monoisotopic (exact) mass is 451 g/mol. The first kappa shape index (κ1) is 21.3. The van der Waals surface area contributed by atoms with Gasteiger partial charge in [-0.1, -0.05) is 29.0 Å². The largest absolute Gasteiger partial charge is 0.491 e. The molecule has 0 radical (unpaired) electrons. The Kier molecular flexibility index (Phi) is 6.20. The van der Waals surface area contributed by atoms with E-state index < -0.39 is 0 Å². The van der Waals surface area contributed by atoms with Gasteiger partial charge < -0.3 is 4.74 Å². The fourth-order valence-electron chi connectivity index (χ4n) is 3.19. The van der Waals surface area contributed by atoms with Crippen LogP contribution in [0.2, 0.25) is 5.02 Å². The molecule has 5 nitrogen and oxygen atoms in total. The topological polar surface area (TPSA) is 55.3 Å². The van der Waals surface area contributed by atoms with E-state index in [1.54, 1.807) is 23.2 Å². The molecule has 0 aliphatic heterocycles. The van der Waals surface area contributed by atoms with Gasteiger partial charge in [-0.25, -0.2) is 4.98 Å². The molecule has 0 saturated carbocycles. The molecule has 0 aliphatic rings. The van der Waals surface area contributed by atoms with Crippen molar-refractivity contribution in [3.63, 3.8) is 0 Å². The number of carbonyl (C=O) groups is 1. The second kappa shape index (κ2) is 9.04. The molecule has 0 unspecified atom stereocenters. The summed E-state index contributed by atoms with van der Waals surface area (Å²) < 4.78 is 6.68. The molecular weight excluding hydrogens is 430 g/mol. The van der Waals surface area contributed by atoms with E-state index >= 15 is 0 Å². The van der Waals surface area contributed by atoms with Gasteiger partial charge in [0, 0.05) is 16.8 Å². The number of amides is 1. The van der Waals surface area contributed by atoms with Crippen LogP contribution in [-0.2, 0) is 6.54 Å². The lowest BCUT2D eigenvalue weighted by atomic mass is 10.2. The number of benzene rings is 2. The summed E-state index contributed by atoms with van der Waals surface area (Å²) in [6, 6.07) is 16.6. The van der Waals surface area contributed by atoms with Crippen molar-refractivity contribution in [3.05, 3.63) is 82.6 Å². The van der Waals surface area contributed by atoms with Gasteiger partial charge in [-0.3, -0.25) is 14.7 Å². The Bertz CT molecular complexity index is 1210. The van der Waals surface area contributed by atoms with E-state index in [1.807, 2.05) is 63.2 Å². The van der Waals surface area contributed by atoms with E-state index in [0.717, 1.165) is 27.2 Å². The Labute approximate surface area is 190 Å². The minimum atomic E-state index is -0.149. The lowest BCUT2D eigenvalue weighted by Crippen LogP contribution is -2.30. The molecule has 0 N–H and O–H groups in total. The van der Waals surface area contributed by atoms with Crippen LogP contribution in [0.25, 0.3) is 10.2 Å². The van der Waals surface area contributed by atoms with E-state index in [-0.39, 0.29) is 12.0 Å². The highest BCUT2D eigenvalue weighted by atomic mass is 35.5. The number of hydrogen-bond donors (Lipinski definition) is 0. The summed E-state index contributed by atoms with van der Waals surface area (Å²) in [6.07, 6.45) is 1.79. The van der Waals surface area contributed by atoms with Gasteiger partial charge in [-0.2, -0.15) is 0 Å². The fraction of sp³-hybridized carbons (Fsp3) is 0.208. The van der Waals surface area contributed by atoms with Crippen LogP contribution in [0.1, 0.15) is 35.5 Å². The SMILES string of the molecule is Cc1c(Cl)ccc2sc(N(Cc3ccccn3)C(=O)c3ccc(OC(C)C)cc3)nc12. The average molecular weight is 452 g/mol. The summed E-state index contributed by atoms with van der Waals surface area (Å²) in [5.41, 5.74) is 3.06. The third-order valence-corrected chi connectivity index (χ3v) is 6.18. The summed E-state index contributed by atoms with van der Waals surface area (Å²) >= 11 is 7.74. The molecule has 4 aromatic rings. The number of aryl methyl sites for hydroxylation is 1. The zero-order chi connectivity index (χ0) is 22.0.